The third-order valence-corrected chi connectivity index (χ3v) is 5.57. The first kappa shape index (κ1) is 22.7. The molecule has 3 rings (SSSR count). The van der Waals surface area contributed by atoms with Gasteiger partial charge in [0.2, 0.25) is 5.82 Å². The molecule has 0 saturated heterocycles. The number of hydrogen-bond donors (Lipinski definition) is 1. The zero-order valence-electron chi connectivity index (χ0n) is 17.8. The van der Waals surface area contributed by atoms with E-state index in [1.54, 1.807) is 40.0 Å². The lowest BCUT2D eigenvalue weighted by Crippen LogP contribution is -2.34. The summed E-state index contributed by atoms with van der Waals surface area (Å²) in [6, 6.07) is 3.20. The van der Waals surface area contributed by atoms with E-state index >= 15 is 0 Å². The van der Waals surface area contributed by atoms with Crippen molar-refractivity contribution in [3.63, 3.8) is 0 Å². The number of aryl methyl sites for hydroxylation is 2. The number of aromatic nitrogens is 4. The molecule has 3 heterocycles. The fraction of sp³-hybridized carbons (Fsp3) is 0.429. The molecule has 0 unspecified atom stereocenters. The van der Waals surface area contributed by atoms with E-state index in [4.69, 9.17) is 4.74 Å². The number of pyridine rings is 2. The average Bonchev–Trinajstić information content (AvgIpc) is 3.15. The molecule has 0 amide bonds. The first-order valence-corrected chi connectivity index (χ1v) is 9.49. The molecule has 1 N–H and O–H groups in total. The normalized spacial score (nSPS) is 13.5. The largest absolute Gasteiger partial charge is 0.469 e. The molecule has 0 saturated carbocycles. The number of esters is 1. The number of nitrogens with zero attached hydrogens (tertiary/aromatic N) is 4. The van der Waals surface area contributed by atoms with Crippen molar-refractivity contribution >= 4 is 11.6 Å². The van der Waals surface area contributed by atoms with E-state index in [2.05, 4.69) is 15.2 Å². The van der Waals surface area contributed by atoms with Gasteiger partial charge < -0.3 is 9.84 Å². The molecule has 7 nitrogen and oxygen atoms in total. The average molecular weight is 436 g/mol. The van der Waals surface area contributed by atoms with E-state index in [0.717, 1.165) is 9.96 Å². The van der Waals surface area contributed by atoms with Gasteiger partial charge in [-0.15, -0.1) is 10.2 Å². The van der Waals surface area contributed by atoms with Gasteiger partial charge in [-0.2, -0.15) is 13.2 Å². The SMILES string of the molecule is COC(=O)C(C)(C)[C@H](c1cc(CO)c(C)cn1)c1ccn2c(C(F)(F)F)nnc2c1C. The molecule has 0 aliphatic heterocycles. The Hall–Kier alpha value is -3.01. The van der Waals surface area contributed by atoms with Crippen molar-refractivity contribution < 1.29 is 27.8 Å². The molecule has 0 aliphatic carbocycles. The standard InChI is InChI=1S/C21H23F3N4O3/c1-11-9-25-15(8-13(11)10-29)16(20(3,4)19(30)31-5)14-6-7-28-17(12(14)2)26-27-18(28)21(22,23)24/h6-9,16,29H,10H2,1-5H3/t16-/m0/s1. The predicted molar refractivity (Wildman–Crippen MR) is 105 cm³/mol. The lowest BCUT2D eigenvalue weighted by Gasteiger charge is -2.33. The summed E-state index contributed by atoms with van der Waals surface area (Å²) in [7, 11) is 1.27. The number of rotatable bonds is 5. The Balaban J connectivity index is 2.29. The Morgan fingerprint density at radius 3 is 2.52 bits per heavy atom. The minimum atomic E-state index is -4.66. The second-order valence-electron chi connectivity index (χ2n) is 7.95. The zero-order valence-corrected chi connectivity index (χ0v) is 17.8. The number of methoxy groups -OCH3 is 1. The van der Waals surface area contributed by atoms with Gasteiger partial charge in [-0.1, -0.05) is 0 Å². The molecule has 10 heteroatoms. The summed E-state index contributed by atoms with van der Waals surface area (Å²) in [5.74, 6) is -2.32. The van der Waals surface area contributed by atoms with Crippen molar-refractivity contribution in [1.82, 2.24) is 19.6 Å². The number of hydrogen-bond acceptors (Lipinski definition) is 6. The van der Waals surface area contributed by atoms with E-state index in [1.807, 2.05) is 0 Å². The number of aliphatic hydroxyl groups excluding tert-OH is 1. The highest BCUT2D eigenvalue weighted by atomic mass is 19.4. The van der Waals surface area contributed by atoms with Crippen molar-refractivity contribution in [2.75, 3.05) is 7.11 Å². The van der Waals surface area contributed by atoms with Crippen LogP contribution in [0.15, 0.2) is 24.5 Å². The number of aliphatic hydroxyl groups is 1. The molecule has 31 heavy (non-hydrogen) atoms. The van der Waals surface area contributed by atoms with Gasteiger partial charge in [-0.3, -0.25) is 14.2 Å². The summed E-state index contributed by atoms with van der Waals surface area (Å²) in [6.45, 7) is 6.57. The molecule has 0 bridgehead atoms. The summed E-state index contributed by atoms with van der Waals surface area (Å²) < 4.78 is 45.6. The Bertz CT molecular complexity index is 1140. The van der Waals surface area contributed by atoms with Gasteiger partial charge in [0.15, 0.2) is 5.65 Å². The van der Waals surface area contributed by atoms with Crippen molar-refractivity contribution in [2.24, 2.45) is 5.41 Å². The van der Waals surface area contributed by atoms with Crippen LogP contribution in [0.25, 0.3) is 5.65 Å². The van der Waals surface area contributed by atoms with Crippen LogP contribution in [-0.4, -0.2) is 37.8 Å². The lowest BCUT2D eigenvalue weighted by atomic mass is 9.71. The predicted octanol–water partition coefficient (Wildman–Crippen LogP) is 3.58. The maximum absolute atomic E-state index is 13.3. The van der Waals surface area contributed by atoms with Gasteiger partial charge in [0.1, 0.15) is 0 Å². The Morgan fingerprint density at radius 2 is 1.94 bits per heavy atom. The molecule has 0 spiro atoms. The molecular weight excluding hydrogens is 413 g/mol. The lowest BCUT2D eigenvalue weighted by molar-refractivity contribution is -0.151. The molecule has 0 radical (unpaired) electrons. The molecule has 3 aromatic rings. The van der Waals surface area contributed by atoms with Crippen LogP contribution in [0.3, 0.4) is 0 Å². The Morgan fingerprint density at radius 1 is 1.26 bits per heavy atom. The number of carbonyl (C=O) groups excluding carboxylic acids is 1. The molecule has 3 aromatic heterocycles. The fourth-order valence-electron chi connectivity index (χ4n) is 3.81. The molecule has 0 aliphatic rings. The van der Waals surface area contributed by atoms with Gasteiger partial charge in [0.25, 0.3) is 0 Å². The zero-order chi connectivity index (χ0) is 23.1. The first-order chi connectivity index (χ1) is 14.4. The van der Waals surface area contributed by atoms with Crippen molar-refractivity contribution in [3.05, 3.63) is 58.3 Å². The van der Waals surface area contributed by atoms with Gasteiger partial charge in [0, 0.05) is 24.0 Å². The van der Waals surface area contributed by atoms with E-state index in [0.29, 0.717) is 22.4 Å². The highest BCUT2D eigenvalue weighted by Gasteiger charge is 2.43. The van der Waals surface area contributed by atoms with Crippen LogP contribution in [0.5, 0.6) is 0 Å². The number of halogens is 3. The molecule has 1 atom stereocenters. The molecule has 0 fully saturated rings. The number of alkyl halides is 3. The van der Waals surface area contributed by atoms with Gasteiger partial charge in [-0.05, 0) is 62.1 Å². The third-order valence-electron chi connectivity index (χ3n) is 5.57. The van der Waals surface area contributed by atoms with Crippen LogP contribution in [-0.2, 0) is 22.3 Å². The number of fused-ring (bicyclic) bond motifs is 1. The van der Waals surface area contributed by atoms with E-state index in [-0.39, 0.29) is 12.3 Å². The molecular formula is C21H23F3N4O3. The van der Waals surface area contributed by atoms with E-state index in [1.165, 1.54) is 19.4 Å². The molecule has 166 valence electrons. The maximum atomic E-state index is 13.3. The first-order valence-electron chi connectivity index (χ1n) is 9.49. The van der Waals surface area contributed by atoms with Gasteiger partial charge in [-0.25, -0.2) is 0 Å². The minimum absolute atomic E-state index is 0.0324. The third kappa shape index (κ3) is 3.87. The maximum Gasteiger partial charge on any atom is 0.452 e. The Labute approximate surface area is 176 Å². The van der Waals surface area contributed by atoms with Crippen molar-refractivity contribution in [1.29, 1.82) is 0 Å². The van der Waals surface area contributed by atoms with E-state index in [9.17, 15) is 23.1 Å². The second kappa shape index (κ2) is 7.92. The minimum Gasteiger partial charge on any atom is -0.469 e. The quantitative estimate of drug-likeness (QED) is 0.615. The van der Waals surface area contributed by atoms with Crippen LogP contribution in [0.4, 0.5) is 13.2 Å². The van der Waals surface area contributed by atoms with Crippen LogP contribution in [0.1, 0.15) is 53.5 Å². The number of ether oxygens (including phenoxy) is 1. The highest BCUT2D eigenvalue weighted by Crippen LogP contribution is 2.43. The monoisotopic (exact) mass is 436 g/mol. The van der Waals surface area contributed by atoms with Crippen molar-refractivity contribution in [2.45, 2.75) is 46.4 Å². The summed E-state index contributed by atoms with van der Waals surface area (Å²) in [4.78, 5) is 17.1. The van der Waals surface area contributed by atoms with Crippen LogP contribution in [0, 0.1) is 19.3 Å². The summed E-state index contributed by atoms with van der Waals surface area (Å²) in [6.07, 6.45) is -1.83. The van der Waals surface area contributed by atoms with Crippen LogP contribution in [0.2, 0.25) is 0 Å². The second-order valence-corrected chi connectivity index (χ2v) is 7.95. The smallest absolute Gasteiger partial charge is 0.452 e. The van der Waals surface area contributed by atoms with Gasteiger partial charge >= 0.3 is 12.1 Å². The topological polar surface area (TPSA) is 89.6 Å². The summed E-state index contributed by atoms with van der Waals surface area (Å²) in [5.41, 5.74) is 1.79. The Kier molecular flexibility index (Phi) is 5.79. The van der Waals surface area contributed by atoms with Crippen LogP contribution < -0.4 is 0 Å². The van der Waals surface area contributed by atoms with E-state index < -0.39 is 29.3 Å². The number of carbonyl (C=O) groups is 1. The van der Waals surface area contributed by atoms with Crippen molar-refractivity contribution in [3.8, 4) is 0 Å². The fourth-order valence-corrected chi connectivity index (χ4v) is 3.81. The van der Waals surface area contributed by atoms with Crippen LogP contribution >= 0.6 is 0 Å². The summed E-state index contributed by atoms with van der Waals surface area (Å²) >= 11 is 0. The van der Waals surface area contributed by atoms with Gasteiger partial charge in [0.05, 0.1) is 19.1 Å². The molecule has 0 aromatic carbocycles. The summed E-state index contributed by atoms with van der Waals surface area (Å²) in [5, 5.41) is 16.7. The highest BCUT2D eigenvalue weighted by molar-refractivity contribution is 5.78.